The van der Waals surface area contributed by atoms with Gasteiger partial charge in [-0.1, -0.05) is 6.07 Å². The molecule has 1 aliphatic carbocycles. The first-order valence-corrected chi connectivity index (χ1v) is 8.33. The van der Waals surface area contributed by atoms with Gasteiger partial charge in [0.1, 0.15) is 5.82 Å². The van der Waals surface area contributed by atoms with Gasteiger partial charge >= 0.3 is 6.03 Å². The Morgan fingerprint density at radius 3 is 2.78 bits per heavy atom. The van der Waals surface area contributed by atoms with Gasteiger partial charge in [0, 0.05) is 31.7 Å². The minimum Gasteiger partial charge on any atom is -0.338 e. The number of likely N-dealkylation sites (tertiary alicyclic amines) is 1. The van der Waals surface area contributed by atoms with Gasteiger partial charge in [0.2, 0.25) is 5.91 Å². The lowest BCUT2D eigenvalue weighted by atomic mass is 10.2. The van der Waals surface area contributed by atoms with Gasteiger partial charge in [-0.2, -0.15) is 0 Å². The first-order chi connectivity index (χ1) is 11.0. The Morgan fingerprint density at radius 2 is 2.13 bits per heavy atom. The highest BCUT2D eigenvalue weighted by molar-refractivity contribution is 5.88. The highest BCUT2D eigenvalue weighted by atomic mass is 16.2. The number of pyridine rings is 1. The number of carbonyl (C=O) groups excluding carboxylic acids is 2. The molecule has 0 spiro atoms. The molecule has 1 saturated heterocycles. The Morgan fingerprint density at radius 1 is 1.35 bits per heavy atom. The van der Waals surface area contributed by atoms with Crippen LogP contribution in [-0.4, -0.2) is 51.9 Å². The number of carbonyl (C=O) groups is 2. The van der Waals surface area contributed by atoms with Gasteiger partial charge in [0.05, 0.1) is 6.04 Å². The van der Waals surface area contributed by atoms with E-state index in [9.17, 15) is 9.59 Å². The van der Waals surface area contributed by atoms with Crippen molar-refractivity contribution in [3.63, 3.8) is 0 Å². The Balaban J connectivity index is 1.63. The largest absolute Gasteiger partial charge is 0.338 e. The van der Waals surface area contributed by atoms with Crippen LogP contribution in [0.4, 0.5) is 10.6 Å². The third-order valence-corrected chi connectivity index (χ3v) is 4.56. The average Bonchev–Trinajstić information content (AvgIpc) is 3.22. The number of nitrogens with zero attached hydrogens (tertiary/aromatic N) is 3. The van der Waals surface area contributed by atoms with Crippen molar-refractivity contribution in [2.75, 3.05) is 18.4 Å². The van der Waals surface area contributed by atoms with Crippen LogP contribution in [0, 0.1) is 6.92 Å². The molecular weight excluding hydrogens is 292 g/mol. The van der Waals surface area contributed by atoms with Crippen LogP contribution >= 0.6 is 0 Å². The number of urea groups is 1. The molecule has 0 aromatic carbocycles. The van der Waals surface area contributed by atoms with Crippen molar-refractivity contribution in [3.05, 3.63) is 23.9 Å². The minimum atomic E-state index is -0.120. The van der Waals surface area contributed by atoms with Crippen molar-refractivity contribution in [3.8, 4) is 0 Å². The van der Waals surface area contributed by atoms with E-state index in [1.165, 1.54) is 0 Å². The molecule has 0 unspecified atom stereocenters. The molecule has 1 atom stereocenters. The maximum atomic E-state index is 12.5. The zero-order valence-corrected chi connectivity index (χ0v) is 13.8. The van der Waals surface area contributed by atoms with Crippen molar-refractivity contribution in [2.24, 2.45) is 0 Å². The number of hydrogen-bond donors (Lipinski definition) is 1. The summed E-state index contributed by atoms with van der Waals surface area (Å²) < 4.78 is 0. The molecule has 124 valence electrons. The smallest absolute Gasteiger partial charge is 0.323 e. The monoisotopic (exact) mass is 316 g/mol. The molecule has 0 bridgehead atoms. The van der Waals surface area contributed by atoms with Gasteiger partial charge in [-0.05, 0) is 44.7 Å². The molecule has 1 N–H and O–H groups in total. The van der Waals surface area contributed by atoms with Crippen molar-refractivity contribution >= 4 is 17.8 Å². The Kier molecular flexibility index (Phi) is 4.50. The van der Waals surface area contributed by atoms with E-state index in [0.717, 1.165) is 37.9 Å². The highest BCUT2D eigenvalue weighted by Gasteiger charge is 2.36. The zero-order valence-electron chi connectivity index (χ0n) is 13.8. The van der Waals surface area contributed by atoms with E-state index < -0.39 is 0 Å². The van der Waals surface area contributed by atoms with Crippen LogP contribution in [0.2, 0.25) is 0 Å². The van der Waals surface area contributed by atoms with Crippen LogP contribution in [0.5, 0.6) is 0 Å². The van der Waals surface area contributed by atoms with Crippen LogP contribution in [0.25, 0.3) is 0 Å². The third-order valence-electron chi connectivity index (χ3n) is 4.56. The molecule has 1 aliphatic heterocycles. The fourth-order valence-corrected chi connectivity index (χ4v) is 3.23. The predicted octanol–water partition coefficient (Wildman–Crippen LogP) is 2.40. The van der Waals surface area contributed by atoms with Gasteiger partial charge < -0.3 is 9.80 Å². The molecule has 1 aromatic rings. The van der Waals surface area contributed by atoms with E-state index in [-0.39, 0.29) is 18.0 Å². The molecule has 6 nitrogen and oxygen atoms in total. The van der Waals surface area contributed by atoms with Gasteiger partial charge in [0.25, 0.3) is 0 Å². The first kappa shape index (κ1) is 15.8. The molecular formula is C17H24N4O2. The van der Waals surface area contributed by atoms with Crippen LogP contribution in [0.15, 0.2) is 18.2 Å². The Hall–Kier alpha value is -2.11. The van der Waals surface area contributed by atoms with E-state index in [4.69, 9.17) is 0 Å². The fraction of sp³-hybridized carbons (Fsp3) is 0.588. The van der Waals surface area contributed by atoms with Crippen molar-refractivity contribution in [1.29, 1.82) is 0 Å². The molecule has 2 heterocycles. The quantitative estimate of drug-likeness (QED) is 0.927. The van der Waals surface area contributed by atoms with Gasteiger partial charge in [-0.25, -0.2) is 9.78 Å². The number of amides is 3. The summed E-state index contributed by atoms with van der Waals surface area (Å²) in [5, 5.41) is 2.87. The van der Waals surface area contributed by atoms with Gasteiger partial charge in [-0.3, -0.25) is 10.1 Å². The topological polar surface area (TPSA) is 65.5 Å². The number of aryl methyl sites for hydroxylation is 1. The summed E-state index contributed by atoms with van der Waals surface area (Å²) >= 11 is 0. The zero-order chi connectivity index (χ0) is 16.4. The summed E-state index contributed by atoms with van der Waals surface area (Å²) in [6.07, 6.45) is 4.11. The van der Waals surface area contributed by atoms with E-state index in [0.29, 0.717) is 18.4 Å². The standard InChI is InChI=1S/C17H24N4O2/c1-12-5-3-7-16(18-12)19-17(23)20-10-4-6-15(20)11-21(13(2)22)14-8-9-14/h3,5,7,14-15H,4,6,8-11H2,1-2H3,(H,18,19,23)/t15-/m1/s1. The molecule has 0 radical (unpaired) electrons. The molecule has 6 heteroatoms. The average molecular weight is 316 g/mol. The first-order valence-electron chi connectivity index (χ1n) is 8.33. The summed E-state index contributed by atoms with van der Waals surface area (Å²) in [6, 6.07) is 5.94. The number of hydrogen-bond acceptors (Lipinski definition) is 3. The van der Waals surface area contributed by atoms with Crippen LogP contribution in [0.3, 0.4) is 0 Å². The molecule has 3 rings (SSSR count). The molecule has 3 amide bonds. The molecule has 2 aliphatic rings. The number of nitrogens with one attached hydrogen (secondary N) is 1. The van der Waals surface area contributed by atoms with Crippen molar-refractivity contribution < 1.29 is 9.59 Å². The normalized spacial score (nSPS) is 20.4. The second-order valence-corrected chi connectivity index (χ2v) is 6.49. The van der Waals surface area contributed by atoms with E-state index in [1.54, 1.807) is 13.0 Å². The third kappa shape index (κ3) is 3.81. The molecule has 2 fully saturated rings. The number of aromatic nitrogens is 1. The fourth-order valence-electron chi connectivity index (χ4n) is 3.23. The maximum Gasteiger partial charge on any atom is 0.323 e. The molecule has 1 saturated carbocycles. The highest BCUT2D eigenvalue weighted by Crippen LogP contribution is 2.29. The van der Waals surface area contributed by atoms with E-state index >= 15 is 0 Å². The lowest BCUT2D eigenvalue weighted by Crippen LogP contribution is -2.46. The number of anilines is 1. The van der Waals surface area contributed by atoms with Gasteiger partial charge in [-0.15, -0.1) is 0 Å². The van der Waals surface area contributed by atoms with E-state index in [2.05, 4.69) is 10.3 Å². The summed E-state index contributed by atoms with van der Waals surface area (Å²) in [5.41, 5.74) is 0.872. The van der Waals surface area contributed by atoms with Crippen LogP contribution < -0.4 is 5.32 Å². The van der Waals surface area contributed by atoms with Crippen LogP contribution in [0.1, 0.15) is 38.3 Å². The summed E-state index contributed by atoms with van der Waals surface area (Å²) in [6.45, 7) is 4.90. The summed E-state index contributed by atoms with van der Waals surface area (Å²) in [4.78, 5) is 32.5. The van der Waals surface area contributed by atoms with E-state index in [1.807, 2.05) is 28.9 Å². The second-order valence-electron chi connectivity index (χ2n) is 6.49. The number of rotatable bonds is 4. The lowest BCUT2D eigenvalue weighted by Gasteiger charge is -2.30. The lowest BCUT2D eigenvalue weighted by molar-refractivity contribution is -0.130. The van der Waals surface area contributed by atoms with Crippen molar-refractivity contribution in [2.45, 2.75) is 51.6 Å². The Labute approximate surface area is 136 Å². The summed E-state index contributed by atoms with van der Waals surface area (Å²) in [5.74, 6) is 0.686. The SMILES string of the molecule is CC(=O)N(C[C@H]1CCCN1C(=O)Nc1cccc(C)n1)C1CC1. The molecule has 1 aromatic heterocycles. The minimum absolute atomic E-state index is 0.101. The van der Waals surface area contributed by atoms with Crippen LogP contribution in [-0.2, 0) is 4.79 Å². The summed E-state index contributed by atoms with van der Waals surface area (Å²) in [7, 11) is 0. The predicted molar refractivity (Wildman–Crippen MR) is 88.1 cm³/mol. The Bertz CT molecular complexity index is 600. The maximum absolute atomic E-state index is 12.5. The van der Waals surface area contributed by atoms with Gasteiger partial charge in [0.15, 0.2) is 0 Å². The molecule has 23 heavy (non-hydrogen) atoms. The van der Waals surface area contributed by atoms with Crippen molar-refractivity contribution in [1.82, 2.24) is 14.8 Å². The second kappa shape index (κ2) is 6.56.